The quantitative estimate of drug-likeness (QED) is 0.837. The molecule has 0 aromatic carbocycles. The van der Waals surface area contributed by atoms with Crippen molar-refractivity contribution in [3.63, 3.8) is 0 Å². The summed E-state index contributed by atoms with van der Waals surface area (Å²) in [6.45, 7) is 9.96. The number of hydrogen-bond donors (Lipinski definition) is 1. The van der Waals surface area contributed by atoms with Crippen LogP contribution in [0.2, 0.25) is 0 Å². The summed E-state index contributed by atoms with van der Waals surface area (Å²) in [6, 6.07) is 0. The molecule has 0 saturated carbocycles. The lowest BCUT2D eigenvalue weighted by Crippen LogP contribution is -2.36. The van der Waals surface area contributed by atoms with E-state index in [1.165, 1.54) is 5.56 Å². The Morgan fingerprint density at radius 2 is 2.06 bits per heavy atom. The molecule has 1 N–H and O–H groups in total. The smallest absolute Gasteiger partial charge is 0.244 e. The fraction of sp³-hybridized carbons (Fsp3) is 0.692. The minimum absolute atomic E-state index is 0.171. The van der Waals surface area contributed by atoms with Crippen molar-refractivity contribution in [2.24, 2.45) is 0 Å². The van der Waals surface area contributed by atoms with E-state index in [9.17, 15) is 4.79 Å². The van der Waals surface area contributed by atoms with E-state index < -0.39 is 0 Å². The normalized spacial score (nSPS) is 16.7. The van der Waals surface area contributed by atoms with E-state index in [4.69, 9.17) is 0 Å². The fourth-order valence-corrected chi connectivity index (χ4v) is 2.26. The Morgan fingerprint density at radius 1 is 1.28 bits per heavy atom. The van der Waals surface area contributed by atoms with E-state index >= 15 is 0 Å². The molecule has 0 radical (unpaired) electrons. The zero-order chi connectivity index (χ0) is 13.1. The van der Waals surface area contributed by atoms with Crippen LogP contribution in [0.15, 0.2) is 0 Å². The Morgan fingerprint density at radius 3 is 2.72 bits per heavy atom. The third-order valence-corrected chi connectivity index (χ3v) is 3.72. The van der Waals surface area contributed by atoms with Crippen LogP contribution in [-0.4, -0.2) is 46.8 Å². The number of aryl methyl sites for hydroxylation is 1. The van der Waals surface area contributed by atoms with Crippen molar-refractivity contribution in [2.75, 3.05) is 26.2 Å². The number of aromatic nitrogens is 2. The van der Waals surface area contributed by atoms with Gasteiger partial charge in [0.2, 0.25) is 5.91 Å². The van der Waals surface area contributed by atoms with Gasteiger partial charge in [-0.1, -0.05) is 0 Å². The van der Waals surface area contributed by atoms with Crippen molar-refractivity contribution in [1.82, 2.24) is 20.0 Å². The van der Waals surface area contributed by atoms with Gasteiger partial charge in [0.25, 0.3) is 0 Å². The summed E-state index contributed by atoms with van der Waals surface area (Å²) in [4.78, 5) is 14.2. The Hall–Kier alpha value is -1.36. The topological polar surface area (TPSA) is 50.2 Å². The summed E-state index contributed by atoms with van der Waals surface area (Å²) in [7, 11) is 0. The van der Waals surface area contributed by atoms with Crippen molar-refractivity contribution >= 4 is 5.91 Å². The maximum Gasteiger partial charge on any atom is 0.244 e. The lowest BCUT2D eigenvalue weighted by molar-refractivity contribution is -0.131. The van der Waals surface area contributed by atoms with E-state index in [0.29, 0.717) is 6.54 Å². The summed E-state index contributed by atoms with van der Waals surface area (Å²) in [5.74, 6) is 0.171. The van der Waals surface area contributed by atoms with Gasteiger partial charge in [0.05, 0.1) is 5.69 Å². The van der Waals surface area contributed by atoms with Crippen LogP contribution in [0.4, 0.5) is 0 Å². The molecule has 0 unspecified atom stereocenters. The van der Waals surface area contributed by atoms with Gasteiger partial charge >= 0.3 is 0 Å². The molecular formula is C13H22N4O. The molecule has 0 aliphatic carbocycles. The predicted octanol–water partition coefficient (Wildman–Crippen LogP) is 0.630. The molecule has 1 aromatic rings. The summed E-state index contributed by atoms with van der Waals surface area (Å²) < 4.78 is 1.82. The van der Waals surface area contributed by atoms with Gasteiger partial charge in [0, 0.05) is 25.3 Å². The highest BCUT2D eigenvalue weighted by Crippen LogP contribution is 2.11. The van der Waals surface area contributed by atoms with E-state index in [1.54, 1.807) is 0 Å². The molecule has 18 heavy (non-hydrogen) atoms. The molecule has 0 spiro atoms. The van der Waals surface area contributed by atoms with Crippen LogP contribution in [0.3, 0.4) is 0 Å². The van der Waals surface area contributed by atoms with Crippen molar-refractivity contribution in [1.29, 1.82) is 0 Å². The zero-order valence-electron chi connectivity index (χ0n) is 11.5. The number of amides is 1. The summed E-state index contributed by atoms with van der Waals surface area (Å²) in [6.07, 6.45) is 1.03. The average molecular weight is 250 g/mol. The predicted molar refractivity (Wildman–Crippen MR) is 70.5 cm³/mol. The highest BCUT2D eigenvalue weighted by molar-refractivity contribution is 5.76. The first-order chi connectivity index (χ1) is 8.59. The van der Waals surface area contributed by atoms with Crippen LogP contribution in [0.25, 0.3) is 0 Å². The summed E-state index contributed by atoms with van der Waals surface area (Å²) in [5, 5.41) is 7.73. The van der Waals surface area contributed by atoms with Gasteiger partial charge in [-0.05, 0) is 39.3 Å². The van der Waals surface area contributed by atoms with Gasteiger partial charge in [-0.3, -0.25) is 9.48 Å². The summed E-state index contributed by atoms with van der Waals surface area (Å²) >= 11 is 0. The number of nitrogens with one attached hydrogen (secondary N) is 1. The number of hydrogen-bond acceptors (Lipinski definition) is 3. The highest BCUT2D eigenvalue weighted by Gasteiger charge is 2.17. The van der Waals surface area contributed by atoms with Crippen molar-refractivity contribution < 1.29 is 4.79 Å². The first kappa shape index (κ1) is 13.1. The molecule has 5 nitrogen and oxygen atoms in total. The van der Waals surface area contributed by atoms with Crippen molar-refractivity contribution in [2.45, 2.75) is 33.7 Å². The van der Waals surface area contributed by atoms with Gasteiger partial charge in [0.15, 0.2) is 0 Å². The number of rotatable bonds is 2. The van der Waals surface area contributed by atoms with Gasteiger partial charge in [0.1, 0.15) is 6.54 Å². The number of carbonyl (C=O) groups is 1. The Labute approximate surface area is 108 Å². The summed E-state index contributed by atoms with van der Waals surface area (Å²) in [5.41, 5.74) is 3.28. The van der Waals surface area contributed by atoms with Crippen LogP contribution in [0.5, 0.6) is 0 Å². The first-order valence-electron chi connectivity index (χ1n) is 6.58. The first-order valence-corrected chi connectivity index (χ1v) is 6.58. The maximum atomic E-state index is 12.2. The average Bonchev–Trinajstić information content (AvgIpc) is 2.59. The van der Waals surface area contributed by atoms with Gasteiger partial charge in [-0.15, -0.1) is 0 Å². The molecule has 0 atom stereocenters. The molecular weight excluding hydrogens is 228 g/mol. The van der Waals surface area contributed by atoms with Crippen molar-refractivity contribution in [3.8, 4) is 0 Å². The minimum atomic E-state index is 0.171. The molecule has 0 bridgehead atoms. The maximum absolute atomic E-state index is 12.2. The number of nitrogens with zero attached hydrogens (tertiary/aromatic N) is 3. The Kier molecular flexibility index (Phi) is 4.01. The zero-order valence-corrected chi connectivity index (χ0v) is 11.5. The lowest BCUT2D eigenvalue weighted by Gasteiger charge is -2.20. The third kappa shape index (κ3) is 2.72. The molecule has 1 amide bonds. The van der Waals surface area contributed by atoms with Gasteiger partial charge < -0.3 is 10.2 Å². The highest BCUT2D eigenvalue weighted by atomic mass is 16.2. The van der Waals surface area contributed by atoms with E-state index in [0.717, 1.165) is 44.0 Å². The monoisotopic (exact) mass is 250 g/mol. The second-order valence-electron chi connectivity index (χ2n) is 4.94. The van der Waals surface area contributed by atoms with E-state index in [-0.39, 0.29) is 5.91 Å². The third-order valence-electron chi connectivity index (χ3n) is 3.72. The molecule has 2 rings (SSSR count). The molecule has 1 aliphatic heterocycles. The second kappa shape index (κ2) is 5.52. The second-order valence-corrected chi connectivity index (χ2v) is 4.94. The molecule has 5 heteroatoms. The molecule has 100 valence electrons. The van der Waals surface area contributed by atoms with Gasteiger partial charge in [-0.25, -0.2) is 0 Å². The standard InChI is InChI=1S/C13H22N4O/c1-10-11(2)15-17(12(10)3)9-13(18)16-7-4-5-14-6-8-16/h14H,4-9H2,1-3H3. The van der Waals surface area contributed by atoms with Crippen LogP contribution in [-0.2, 0) is 11.3 Å². The number of carbonyl (C=O) groups excluding carboxylic acids is 1. The minimum Gasteiger partial charge on any atom is -0.340 e. The molecule has 1 saturated heterocycles. The molecule has 1 fully saturated rings. The largest absolute Gasteiger partial charge is 0.340 e. The fourth-order valence-electron chi connectivity index (χ4n) is 2.26. The van der Waals surface area contributed by atoms with Crippen molar-refractivity contribution in [3.05, 3.63) is 17.0 Å². The van der Waals surface area contributed by atoms with Gasteiger partial charge in [-0.2, -0.15) is 5.10 Å². The SMILES string of the molecule is Cc1nn(CC(=O)N2CCCNCC2)c(C)c1C. The Balaban J connectivity index is 2.03. The van der Waals surface area contributed by atoms with Crippen LogP contribution >= 0.6 is 0 Å². The molecule has 1 aromatic heterocycles. The van der Waals surface area contributed by atoms with E-state index in [1.807, 2.05) is 23.4 Å². The van der Waals surface area contributed by atoms with Crippen LogP contribution in [0.1, 0.15) is 23.4 Å². The van der Waals surface area contributed by atoms with Crippen LogP contribution < -0.4 is 5.32 Å². The lowest BCUT2D eigenvalue weighted by atomic mass is 10.2. The molecule has 2 heterocycles. The van der Waals surface area contributed by atoms with Crippen LogP contribution in [0, 0.1) is 20.8 Å². The Bertz CT molecular complexity index is 430. The molecule has 1 aliphatic rings. The van der Waals surface area contributed by atoms with E-state index in [2.05, 4.69) is 17.3 Å².